The molecule has 0 saturated heterocycles. The van der Waals surface area contributed by atoms with Gasteiger partial charge in [-0.15, -0.1) is 0 Å². The predicted octanol–water partition coefficient (Wildman–Crippen LogP) is 3.79. The van der Waals surface area contributed by atoms with E-state index in [1.165, 1.54) is 5.56 Å². The fourth-order valence-electron chi connectivity index (χ4n) is 1.83. The Bertz CT molecular complexity index is 497. The lowest BCUT2D eigenvalue weighted by atomic mass is 10.2. The second-order valence-electron chi connectivity index (χ2n) is 4.73. The molecule has 4 heteroatoms. The molecule has 1 heterocycles. The van der Waals surface area contributed by atoms with Gasteiger partial charge in [0, 0.05) is 30.3 Å². The summed E-state index contributed by atoms with van der Waals surface area (Å²) >= 11 is 3.41. The Hall–Kier alpha value is -1.42. The SMILES string of the molecule is CC(C)N(Cc1ccccc1)c1ncc(CBr)cn1. The maximum Gasteiger partial charge on any atom is 0.225 e. The molecule has 0 atom stereocenters. The van der Waals surface area contributed by atoms with Crippen LogP contribution in [0.5, 0.6) is 0 Å². The normalized spacial score (nSPS) is 10.7. The minimum atomic E-state index is 0.357. The molecule has 0 aliphatic carbocycles. The summed E-state index contributed by atoms with van der Waals surface area (Å²) < 4.78 is 0. The van der Waals surface area contributed by atoms with Crippen molar-refractivity contribution in [1.29, 1.82) is 0 Å². The lowest BCUT2D eigenvalue weighted by molar-refractivity contribution is 0.660. The molecule has 0 N–H and O–H groups in total. The molecule has 0 radical (unpaired) electrons. The molecular weight excluding hydrogens is 302 g/mol. The molecule has 0 amide bonds. The van der Waals surface area contributed by atoms with E-state index < -0.39 is 0 Å². The van der Waals surface area contributed by atoms with Crippen LogP contribution in [-0.4, -0.2) is 16.0 Å². The summed E-state index contributed by atoms with van der Waals surface area (Å²) in [6.45, 7) is 5.14. The van der Waals surface area contributed by atoms with Crippen LogP contribution in [0.3, 0.4) is 0 Å². The molecule has 0 saturated carbocycles. The quantitative estimate of drug-likeness (QED) is 0.785. The number of nitrogens with zero attached hydrogens (tertiary/aromatic N) is 3. The summed E-state index contributed by atoms with van der Waals surface area (Å²) in [5.74, 6) is 0.781. The molecule has 0 bridgehead atoms. The summed E-state index contributed by atoms with van der Waals surface area (Å²) in [6, 6.07) is 10.8. The van der Waals surface area contributed by atoms with Gasteiger partial charge in [0.15, 0.2) is 0 Å². The third kappa shape index (κ3) is 3.77. The van der Waals surface area contributed by atoms with E-state index in [0.29, 0.717) is 6.04 Å². The number of hydrogen-bond donors (Lipinski definition) is 0. The zero-order valence-electron chi connectivity index (χ0n) is 11.3. The third-order valence-electron chi connectivity index (χ3n) is 2.92. The molecule has 19 heavy (non-hydrogen) atoms. The van der Waals surface area contributed by atoms with Crippen molar-refractivity contribution in [3.05, 3.63) is 53.9 Å². The number of rotatable bonds is 5. The Balaban J connectivity index is 2.19. The third-order valence-corrected chi connectivity index (χ3v) is 3.57. The van der Waals surface area contributed by atoms with Crippen LogP contribution in [0.25, 0.3) is 0 Å². The molecule has 0 unspecified atom stereocenters. The van der Waals surface area contributed by atoms with Crippen molar-refractivity contribution >= 4 is 21.9 Å². The summed E-state index contributed by atoms with van der Waals surface area (Å²) in [4.78, 5) is 11.1. The van der Waals surface area contributed by atoms with Crippen molar-refractivity contribution in [1.82, 2.24) is 9.97 Å². The van der Waals surface area contributed by atoms with Crippen LogP contribution in [0.1, 0.15) is 25.0 Å². The summed E-state index contributed by atoms with van der Waals surface area (Å²) in [5, 5.41) is 0.785. The Morgan fingerprint density at radius 1 is 1.05 bits per heavy atom. The molecule has 1 aromatic heterocycles. The number of benzene rings is 1. The van der Waals surface area contributed by atoms with Crippen molar-refractivity contribution in [2.24, 2.45) is 0 Å². The molecule has 2 aromatic rings. The Labute approximate surface area is 122 Å². The van der Waals surface area contributed by atoms with Crippen molar-refractivity contribution < 1.29 is 0 Å². The van der Waals surface area contributed by atoms with E-state index >= 15 is 0 Å². The average Bonchev–Trinajstić information content (AvgIpc) is 2.46. The molecule has 0 aliphatic rings. The molecule has 2 rings (SSSR count). The van der Waals surface area contributed by atoms with Gasteiger partial charge >= 0.3 is 0 Å². The van der Waals surface area contributed by atoms with E-state index in [2.05, 4.69) is 68.9 Å². The Morgan fingerprint density at radius 3 is 2.21 bits per heavy atom. The molecule has 1 aromatic carbocycles. The van der Waals surface area contributed by atoms with Gasteiger partial charge in [-0.25, -0.2) is 9.97 Å². The summed E-state index contributed by atoms with van der Waals surface area (Å²) in [7, 11) is 0. The van der Waals surface area contributed by atoms with Crippen molar-refractivity contribution in [3.63, 3.8) is 0 Å². The van der Waals surface area contributed by atoms with Gasteiger partial charge in [-0.1, -0.05) is 46.3 Å². The van der Waals surface area contributed by atoms with Gasteiger partial charge in [-0.3, -0.25) is 0 Å². The first-order chi connectivity index (χ1) is 9.20. The monoisotopic (exact) mass is 319 g/mol. The zero-order valence-corrected chi connectivity index (χ0v) is 12.8. The summed E-state index contributed by atoms with van der Waals surface area (Å²) in [6.07, 6.45) is 3.74. The van der Waals surface area contributed by atoms with Crippen LogP contribution in [0.2, 0.25) is 0 Å². The highest BCUT2D eigenvalue weighted by Crippen LogP contribution is 2.16. The predicted molar refractivity (Wildman–Crippen MR) is 82.4 cm³/mol. The highest BCUT2D eigenvalue weighted by Gasteiger charge is 2.13. The largest absolute Gasteiger partial charge is 0.334 e. The number of halogens is 1. The van der Waals surface area contributed by atoms with Gasteiger partial charge in [0.25, 0.3) is 0 Å². The van der Waals surface area contributed by atoms with Crippen molar-refractivity contribution in [2.45, 2.75) is 31.8 Å². The van der Waals surface area contributed by atoms with Gasteiger partial charge in [-0.2, -0.15) is 0 Å². The molecule has 0 fully saturated rings. The topological polar surface area (TPSA) is 29.0 Å². The van der Waals surface area contributed by atoms with E-state index in [4.69, 9.17) is 0 Å². The van der Waals surface area contributed by atoms with Crippen LogP contribution in [0.4, 0.5) is 5.95 Å². The minimum absolute atomic E-state index is 0.357. The standard InChI is InChI=1S/C15H18BrN3/c1-12(2)19(11-13-6-4-3-5-7-13)15-17-9-14(8-16)10-18-15/h3-7,9-10,12H,8,11H2,1-2H3. The van der Waals surface area contributed by atoms with E-state index in [0.717, 1.165) is 23.4 Å². The van der Waals surface area contributed by atoms with E-state index in [9.17, 15) is 0 Å². The molecule has 100 valence electrons. The average molecular weight is 320 g/mol. The van der Waals surface area contributed by atoms with Crippen LogP contribution in [0.15, 0.2) is 42.7 Å². The molecule has 0 aliphatic heterocycles. The lowest BCUT2D eigenvalue weighted by Crippen LogP contribution is -2.31. The van der Waals surface area contributed by atoms with E-state index in [-0.39, 0.29) is 0 Å². The van der Waals surface area contributed by atoms with E-state index in [1.807, 2.05) is 18.5 Å². The summed E-state index contributed by atoms with van der Waals surface area (Å²) in [5.41, 5.74) is 2.36. The van der Waals surface area contributed by atoms with Crippen molar-refractivity contribution in [2.75, 3.05) is 4.90 Å². The van der Waals surface area contributed by atoms with Crippen LogP contribution >= 0.6 is 15.9 Å². The van der Waals surface area contributed by atoms with E-state index in [1.54, 1.807) is 0 Å². The van der Waals surface area contributed by atoms with Gasteiger partial charge in [-0.05, 0) is 25.0 Å². The number of anilines is 1. The van der Waals surface area contributed by atoms with Gasteiger partial charge in [0.05, 0.1) is 0 Å². The highest BCUT2D eigenvalue weighted by molar-refractivity contribution is 9.08. The Kier molecular flexibility index (Phi) is 4.91. The van der Waals surface area contributed by atoms with Gasteiger partial charge < -0.3 is 4.90 Å². The number of aromatic nitrogens is 2. The first-order valence-corrected chi connectivity index (χ1v) is 7.50. The van der Waals surface area contributed by atoms with Crippen LogP contribution in [-0.2, 0) is 11.9 Å². The number of alkyl halides is 1. The maximum absolute atomic E-state index is 4.45. The zero-order chi connectivity index (χ0) is 13.7. The lowest BCUT2D eigenvalue weighted by Gasteiger charge is -2.26. The molecule has 0 spiro atoms. The molecular formula is C15H18BrN3. The minimum Gasteiger partial charge on any atom is -0.334 e. The second kappa shape index (κ2) is 6.66. The first-order valence-electron chi connectivity index (χ1n) is 6.38. The first kappa shape index (κ1) is 14.0. The fourth-order valence-corrected chi connectivity index (χ4v) is 2.12. The smallest absolute Gasteiger partial charge is 0.225 e. The number of hydrogen-bond acceptors (Lipinski definition) is 3. The second-order valence-corrected chi connectivity index (χ2v) is 5.29. The maximum atomic E-state index is 4.45. The Morgan fingerprint density at radius 2 is 1.68 bits per heavy atom. The fraction of sp³-hybridized carbons (Fsp3) is 0.333. The van der Waals surface area contributed by atoms with Gasteiger partial charge in [0.1, 0.15) is 0 Å². The van der Waals surface area contributed by atoms with Gasteiger partial charge in [0.2, 0.25) is 5.95 Å². The van der Waals surface area contributed by atoms with Crippen LogP contribution < -0.4 is 4.90 Å². The highest BCUT2D eigenvalue weighted by atomic mass is 79.9. The molecule has 3 nitrogen and oxygen atoms in total. The van der Waals surface area contributed by atoms with Crippen molar-refractivity contribution in [3.8, 4) is 0 Å². The van der Waals surface area contributed by atoms with Crippen LogP contribution in [0, 0.1) is 0 Å².